The van der Waals surface area contributed by atoms with E-state index in [1.807, 2.05) is 29.2 Å². The number of benzene rings is 1. The number of nitrogens with zero attached hydrogens (tertiary/aromatic N) is 1. The Balaban J connectivity index is 1.62. The van der Waals surface area contributed by atoms with Gasteiger partial charge in [0.1, 0.15) is 5.58 Å². The maximum atomic E-state index is 12.7. The number of rotatable bonds is 1. The van der Waals surface area contributed by atoms with Crippen molar-refractivity contribution >= 4 is 32.8 Å². The highest BCUT2D eigenvalue weighted by Gasteiger charge is 2.32. The van der Waals surface area contributed by atoms with Crippen LogP contribution in [0.2, 0.25) is 0 Å². The van der Waals surface area contributed by atoms with E-state index in [2.05, 4.69) is 21.2 Å². The van der Waals surface area contributed by atoms with Gasteiger partial charge in [0.05, 0.1) is 4.47 Å². The predicted octanol–water partition coefficient (Wildman–Crippen LogP) is 3.16. The predicted molar refractivity (Wildman–Crippen MR) is 84.4 cm³/mol. The first-order chi connectivity index (χ1) is 10.2. The standard InChI is InChI=1S/C16H17BrN2O2/c17-13-3-1-2-10-8-14(21-15(10)13)16(20)19-7-6-11-4-5-12(9-19)18-11/h1-3,8,11-12,18H,4-7,9H2. The van der Waals surface area contributed by atoms with Crippen LogP contribution in [-0.4, -0.2) is 36.0 Å². The number of halogens is 1. The van der Waals surface area contributed by atoms with Crippen molar-refractivity contribution in [2.24, 2.45) is 0 Å². The first-order valence-electron chi connectivity index (χ1n) is 7.44. The number of carbonyl (C=O) groups is 1. The number of nitrogens with one attached hydrogen (secondary N) is 1. The molecule has 1 aromatic carbocycles. The van der Waals surface area contributed by atoms with Crippen LogP contribution in [-0.2, 0) is 0 Å². The Morgan fingerprint density at radius 2 is 2.14 bits per heavy atom. The maximum absolute atomic E-state index is 12.7. The average molecular weight is 349 g/mol. The second-order valence-electron chi connectivity index (χ2n) is 5.95. The van der Waals surface area contributed by atoms with Gasteiger partial charge in [0.25, 0.3) is 5.91 Å². The number of carbonyl (C=O) groups excluding carboxylic acids is 1. The molecule has 3 heterocycles. The van der Waals surface area contributed by atoms with E-state index in [1.54, 1.807) is 0 Å². The number of hydrogen-bond acceptors (Lipinski definition) is 3. The smallest absolute Gasteiger partial charge is 0.289 e. The van der Waals surface area contributed by atoms with Gasteiger partial charge in [0.15, 0.2) is 5.76 Å². The van der Waals surface area contributed by atoms with Crippen molar-refractivity contribution in [3.8, 4) is 0 Å². The third-order valence-electron chi connectivity index (χ3n) is 4.52. The molecule has 21 heavy (non-hydrogen) atoms. The molecule has 2 aromatic rings. The van der Waals surface area contributed by atoms with Crippen LogP contribution in [0.3, 0.4) is 0 Å². The first-order valence-corrected chi connectivity index (χ1v) is 8.23. The van der Waals surface area contributed by atoms with E-state index in [9.17, 15) is 4.79 Å². The fourth-order valence-electron chi connectivity index (χ4n) is 3.42. The zero-order valence-electron chi connectivity index (χ0n) is 11.6. The van der Waals surface area contributed by atoms with Gasteiger partial charge in [-0.25, -0.2) is 0 Å². The number of para-hydroxylation sites is 1. The molecule has 2 fully saturated rings. The van der Waals surface area contributed by atoms with Gasteiger partial charge >= 0.3 is 0 Å². The van der Waals surface area contributed by atoms with Gasteiger partial charge in [0, 0.05) is 30.6 Å². The Labute approximate surface area is 131 Å². The Kier molecular flexibility index (Phi) is 3.27. The van der Waals surface area contributed by atoms with Crippen molar-refractivity contribution in [1.82, 2.24) is 10.2 Å². The van der Waals surface area contributed by atoms with E-state index in [1.165, 1.54) is 12.8 Å². The second-order valence-corrected chi connectivity index (χ2v) is 6.80. The molecule has 1 aromatic heterocycles. The molecule has 2 saturated heterocycles. The van der Waals surface area contributed by atoms with Gasteiger partial charge in [-0.05, 0) is 47.3 Å². The topological polar surface area (TPSA) is 45.5 Å². The van der Waals surface area contributed by atoms with Crippen molar-refractivity contribution in [2.45, 2.75) is 31.3 Å². The van der Waals surface area contributed by atoms with Crippen LogP contribution >= 0.6 is 15.9 Å². The number of furan rings is 1. The SMILES string of the molecule is O=C(c1cc2cccc(Br)c2o1)N1CCC2CCC(C1)N2. The molecule has 1 amide bonds. The molecule has 5 heteroatoms. The summed E-state index contributed by atoms with van der Waals surface area (Å²) in [6.45, 7) is 1.60. The Hall–Kier alpha value is -1.33. The van der Waals surface area contributed by atoms with Gasteiger partial charge in [0.2, 0.25) is 0 Å². The van der Waals surface area contributed by atoms with Crippen LogP contribution < -0.4 is 5.32 Å². The zero-order chi connectivity index (χ0) is 14.4. The fraction of sp³-hybridized carbons (Fsp3) is 0.438. The van der Waals surface area contributed by atoms with E-state index in [-0.39, 0.29) is 5.91 Å². The van der Waals surface area contributed by atoms with Gasteiger partial charge in [-0.15, -0.1) is 0 Å². The van der Waals surface area contributed by atoms with Crippen LogP contribution in [0.15, 0.2) is 33.2 Å². The minimum atomic E-state index is 0.00690. The molecule has 0 saturated carbocycles. The molecule has 4 rings (SSSR count). The molecule has 4 nitrogen and oxygen atoms in total. The summed E-state index contributed by atoms with van der Waals surface area (Å²) in [7, 11) is 0. The molecule has 0 spiro atoms. The zero-order valence-corrected chi connectivity index (χ0v) is 13.2. The quantitative estimate of drug-likeness (QED) is 0.860. The van der Waals surface area contributed by atoms with E-state index < -0.39 is 0 Å². The van der Waals surface area contributed by atoms with Gasteiger partial charge in [-0.1, -0.05) is 12.1 Å². The van der Waals surface area contributed by atoms with Crippen LogP contribution in [0.1, 0.15) is 29.8 Å². The molecule has 0 aliphatic carbocycles. The lowest BCUT2D eigenvalue weighted by atomic mass is 10.1. The fourth-order valence-corrected chi connectivity index (χ4v) is 3.88. The minimum Gasteiger partial charge on any atom is -0.450 e. The van der Waals surface area contributed by atoms with Crippen LogP contribution in [0.4, 0.5) is 0 Å². The maximum Gasteiger partial charge on any atom is 0.289 e. The van der Waals surface area contributed by atoms with Crippen LogP contribution in [0.5, 0.6) is 0 Å². The van der Waals surface area contributed by atoms with E-state index in [0.717, 1.165) is 35.0 Å². The van der Waals surface area contributed by atoms with Crippen molar-refractivity contribution in [1.29, 1.82) is 0 Å². The van der Waals surface area contributed by atoms with Crippen molar-refractivity contribution < 1.29 is 9.21 Å². The van der Waals surface area contributed by atoms with Crippen LogP contribution in [0.25, 0.3) is 11.0 Å². The molecule has 2 bridgehead atoms. The number of fused-ring (bicyclic) bond motifs is 3. The highest BCUT2D eigenvalue weighted by Crippen LogP contribution is 2.28. The lowest BCUT2D eigenvalue weighted by Gasteiger charge is -2.23. The Morgan fingerprint density at radius 1 is 1.29 bits per heavy atom. The minimum absolute atomic E-state index is 0.00690. The summed E-state index contributed by atoms with van der Waals surface area (Å²) in [4.78, 5) is 14.6. The van der Waals surface area contributed by atoms with Crippen molar-refractivity contribution in [2.75, 3.05) is 13.1 Å². The van der Waals surface area contributed by atoms with Gasteiger partial charge < -0.3 is 14.6 Å². The lowest BCUT2D eigenvalue weighted by Crippen LogP contribution is -2.38. The number of likely N-dealkylation sites (tertiary alicyclic amines) is 1. The largest absolute Gasteiger partial charge is 0.450 e. The Morgan fingerprint density at radius 3 is 3.00 bits per heavy atom. The molecule has 2 atom stereocenters. The molecular formula is C16H17BrN2O2. The summed E-state index contributed by atoms with van der Waals surface area (Å²) in [5, 5.41) is 4.55. The molecule has 1 N–H and O–H groups in total. The second kappa shape index (κ2) is 5.14. The van der Waals surface area contributed by atoms with Gasteiger partial charge in [-0.3, -0.25) is 4.79 Å². The number of amides is 1. The summed E-state index contributed by atoms with van der Waals surface area (Å²) in [6, 6.07) is 8.71. The summed E-state index contributed by atoms with van der Waals surface area (Å²) in [5.74, 6) is 0.446. The molecule has 2 aliphatic rings. The third kappa shape index (κ3) is 2.38. The third-order valence-corrected chi connectivity index (χ3v) is 5.14. The van der Waals surface area contributed by atoms with Crippen LogP contribution in [0, 0.1) is 0 Å². The highest BCUT2D eigenvalue weighted by atomic mass is 79.9. The molecule has 110 valence electrons. The summed E-state index contributed by atoms with van der Waals surface area (Å²) < 4.78 is 6.66. The highest BCUT2D eigenvalue weighted by molar-refractivity contribution is 9.10. The summed E-state index contributed by atoms with van der Waals surface area (Å²) in [6.07, 6.45) is 3.44. The van der Waals surface area contributed by atoms with Crippen molar-refractivity contribution in [3.05, 3.63) is 34.5 Å². The van der Waals surface area contributed by atoms with Crippen molar-refractivity contribution in [3.63, 3.8) is 0 Å². The van der Waals surface area contributed by atoms with Gasteiger partial charge in [-0.2, -0.15) is 0 Å². The summed E-state index contributed by atoms with van der Waals surface area (Å²) >= 11 is 3.47. The molecule has 2 unspecified atom stereocenters. The molecular weight excluding hydrogens is 332 g/mol. The van der Waals surface area contributed by atoms with E-state index in [0.29, 0.717) is 17.8 Å². The van der Waals surface area contributed by atoms with E-state index in [4.69, 9.17) is 4.42 Å². The lowest BCUT2D eigenvalue weighted by molar-refractivity contribution is 0.0718. The normalized spacial score (nSPS) is 25.3. The first kappa shape index (κ1) is 13.3. The summed E-state index contributed by atoms with van der Waals surface area (Å²) in [5.41, 5.74) is 0.746. The average Bonchev–Trinajstić information content (AvgIpc) is 3.03. The monoisotopic (exact) mass is 348 g/mol. The molecule has 2 aliphatic heterocycles. The molecule has 0 radical (unpaired) electrons. The Bertz CT molecular complexity index is 697. The number of hydrogen-bond donors (Lipinski definition) is 1. The van der Waals surface area contributed by atoms with E-state index >= 15 is 0 Å².